The Labute approximate surface area is 260 Å². The predicted molar refractivity (Wildman–Crippen MR) is 170 cm³/mol. The molecule has 44 heavy (non-hydrogen) atoms. The number of benzene rings is 4. The van der Waals surface area contributed by atoms with E-state index in [0.717, 1.165) is 38.5 Å². The van der Waals surface area contributed by atoms with Gasteiger partial charge in [0, 0.05) is 29.3 Å². The average Bonchev–Trinajstić information content (AvgIpc) is 3.61. The van der Waals surface area contributed by atoms with Gasteiger partial charge in [-0.3, -0.25) is 9.89 Å². The Balaban J connectivity index is 1.17. The van der Waals surface area contributed by atoms with Gasteiger partial charge in [0.1, 0.15) is 6.33 Å². The average molecular weight is 607 g/mol. The number of amides is 1. The molecular weight excluding hydrogens is 572 g/mol. The number of rotatable bonds is 10. The zero-order valence-electron chi connectivity index (χ0n) is 24.3. The van der Waals surface area contributed by atoms with Gasteiger partial charge in [0.25, 0.3) is 5.91 Å². The quantitative estimate of drug-likeness (QED) is 0.156. The highest BCUT2D eigenvalue weighted by molar-refractivity contribution is 7.99. The van der Waals surface area contributed by atoms with Gasteiger partial charge in [-0.1, -0.05) is 104 Å². The van der Waals surface area contributed by atoms with Crippen LogP contribution in [0.3, 0.4) is 0 Å². The maximum atomic E-state index is 12.5. The molecule has 5 aromatic rings. The Morgan fingerprint density at radius 3 is 2.39 bits per heavy atom. The van der Waals surface area contributed by atoms with Crippen molar-refractivity contribution < 1.29 is 19.4 Å². The molecule has 4 aromatic carbocycles. The molecular formula is C35H34N4O4S. The van der Waals surface area contributed by atoms with Crippen LogP contribution in [0.4, 0.5) is 0 Å². The van der Waals surface area contributed by atoms with Crippen molar-refractivity contribution >= 4 is 17.7 Å². The fourth-order valence-electron chi connectivity index (χ4n) is 5.30. The van der Waals surface area contributed by atoms with Crippen LogP contribution in [-0.2, 0) is 22.6 Å². The molecule has 0 radical (unpaired) electrons. The van der Waals surface area contributed by atoms with Crippen LogP contribution in [0.25, 0.3) is 11.1 Å². The Hall–Kier alpha value is -4.28. The van der Waals surface area contributed by atoms with E-state index in [1.54, 1.807) is 23.9 Å². The Morgan fingerprint density at radius 1 is 0.886 bits per heavy atom. The Morgan fingerprint density at radius 2 is 1.66 bits per heavy atom. The van der Waals surface area contributed by atoms with Crippen molar-refractivity contribution in [3.05, 3.63) is 137 Å². The third-order valence-electron chi connectivity index (χ3n) is 7.83. The molecule has 8 nitrogen and oxygen atoms in total. The van der Waals surface area contributed by atoms with Crippen LogP contribution < -0.4 is 5.32 Å². The first kappa shape index (κ1) is 29.8. The Kier molecular flexibility index (Phi) is 9.48. The monoisotopic (exact) mass is 606 g/mol. The van der Waals surface area contributed by atoms with Crippen LogP contribution in [0, 0.1) is 5.92 Å². The van der Waals surface area contributed by atoms with Crippen molar-refractivity contribution in [3.8, 4) is 11.1 Å². The largest absolute Gasteiger partial charge is 0.392 e. The molecule has 6 rings (SSSR count). The SMILES string of the molecule is C[C@@H]1[C@H](CSc2ncn[nH]2)O[C@H](c2ccc(-c3cccc(CNC(=O)c4ccccc4)c3)cc2)O[C@@H]1c1ccc(CO)cc1. The first-order valence-corrected chi connectivity index (χ1v) is 15.6. The molecule has 0 bridgehead atoms. The summed E-state index contributed by atoms with van der Waals surface area (Å²) in [6, 6.07) is 33.6. The molecule has 1 saturated heterocycles. The minimum atomic E-state index is -0.553. The number of ether oxygens (including phenoxy) is 2. The maximum absolute atomic E-state index is 12.5. The number of nitrogens with zero attached hydrogens (tertiary/aromatic N) is 2. The number of carbonyl (C=O) groups is 1. The minimum absolute atomic E-state index is 0.00111. The summed E-state index contributed by atoms with van der Waals surface area (Å²) < 4.78 is 13.1. The second kappa shape index (κ2) is 14.0. The molecule has 3 N–H and O–H groups in total. The lowest BCUT2D eigenvalue weighted by molar-refractivity contribution is -0.268. The number of aliphatic hydroxyl groups excluding tert-OH is 1. The van der Waals surface area contributed by atoms with E-state index in [1.807, 2.05) is 66.7 Å². The molecule has 9 heteroatoms. The molecule has 1 amide bonds. The van der Waals surface area contributed by atoms with Gasteiger partial charge in [-0.15, -0.1) is 0 Å². The third-order valence-corrected chi connectivity index (χ3v) is 8.80. The van der Waals surface area contributed by atoms with Crippen LogP contribution >= 0.6 is 11.8 Å². The zero-order valence-corrected chi connectivity index (χ0v) is 25.1. The normalized spacial score (nSPS) is 19.9. The third kappa shape index (κ3) is 7.09. The number of hydrogen-bond acceptors (Lipinski definition) is 7. The fourth-order valence-corrected chi connectivity index (χ4v) is 6.25. The van der Waals surface area contributed by atoms with Gasteiger partial charge in [0.2, 0.25) is 0 Å². The molecule has 4 atom stereocenters. The number of nitrogens with one attached hydrogen (secondary N) is 2. The minimum Gasteiger partial charge on any atom is -0.392 e. The number of aromatic nitrogens is 3. The molecule has 1 aliphatic rings. The van der Waals surface area contributed by atoms with E-state index in [0.29, 0.717) is 17.9 Å². The highest BCUT2D eigenvalue weighted by Crippen LogP contribution is 2.43. The highest BCUT2D eigenvalue weighted by atomic mass is 32.2. The second-order valence-corrected chi connectivity index (χ2v) is 11.8. The molecule has 1 aromatic heterocycles. The van der Waals surface area contributed by atoms with E-state index in [4.69, 9.17) is 9.47 Å². The molecule has 1 fully saturated rings. The highest BCUT2D eigenvalue weighted by Gasteiger charge is 2.38. The zero-order chi connectivity index (χ0) is 30.3. The standard InChI is InChI=1S/C35H34N4O4S/c1-23-31(21-44-35-37-22-38-39-35)42-34(43-32(23)27-12-10-24(20-40)11-13-27)29-16-14-26(15-17-29)30-9-5-6-25(18-30)19-36-33(41)28-7-3-2-4-8-28/h2-18,22-23,31-32,34,40H,19-21H2,1H3,(H,36,41)(H,37,38,39)/t23-,31+,32+,34+/m1/s1. The fraction of sp³-hybridized carbons (Fsp3) is 0.229. The lowest BCUT2D eigenvalue weighted by Gasteiger charge is -2.41. The van der Waals surface area contributed by atoms with E-state index >= 15 is 0 Å². The number of hydrogen-bond donors (Lipinski definition) is 3. The number of carbonyl (C=O) groups excluding carboxylic acids is 1. The van der Waals surface area contributed by atoms with Gasteiger partial charge in [-0.05, 0) is 46.0 Å². The van der Waals surface area contributed by atoms with Crippen LogP contribution in [0.2, 0.25) is 0 Å². The molecule has 0 saturated carbocycles. The summed E-state index contributed by atoms with van der Waals surface area (Å²) in [5.74, 6) is 0.668. The van der Waals surface area contributed by atoms with E-state index in [-0.39, 0.29) is 30.6 Å². The molecule has 0 aliphatic carbocycles. The molecule has 2 heterocycles. The van der Waals surface area contributed by atoms with E-state index < -0.39 is 6.29 Å². The van der Waals surface area contributed by atoms with Gasteiger partial charge in [0.15, 0.2) is 11.4 Å². The van der Waals surface area contributed by atoms with Crippen LogP contribution in [0.1, 0.15) is 51.9 Å². The molecule has 0 spiro atoms. The number of aliphatic hydroxyl groups is 1. The van der Waals surface area contributed by atoms with E-state index in [9.17, 15) is 9.90 Å². The van der Waals surface area contributed by atoms with Crippen LogP contribution in [-0.4, -0.2) is 38.1 Å². The summed E-state index contributed by atoms with van der Waals surface area (Å²) >= 11 is 1.57. The van der Waals surface area contributed by atoms with Gasteiger partial charge in [-0.25, -0.2) is 4.98 Å². The topological polar surface area (TPSA) is 109 Å². The van der Waals surface area contributed by atoms with Crippen molar-refractivity contribution in [2.75, 3.05) is 5.75 Å². The van der Waals surface area contributed by atoms with Crippen molar-refractivity contribution in [1.82, 2.24) is 20.5 Å². The van der Waals surface area contributed by atoms with Crippen molar-refractivity contribution in [3.63, 3.8) is 0 Å². The van der Waals surface area contributed by atoms with Crippen LogP contribution in [0.15, 0.2) is 115 Å². The number of H-pyrrole nitrogens is 1. The number of aromatic amines is 1. The Bertz CT molecular complexity index is 1650. The molecule has 1 aliphatic heterocycles. The van der Waals surface area contributed by atoms with E-state index in [2.05, 4.69) is 51.7 Å². The summed E-state index contributed by atoms with van der Waals surface area (Å²) in [4.78, 5) is 16.7. The summed E-state index contributed by atoms with van der Waals surface area (Å²) in [7, 11) is 0. The molecule has 0 unspecified atom stereocenters. The molecule has 224 valence electrons. The predicted octanol–water partition coefficient (Wildman–Crippen LogP) is 6.48. The summed E-state index contributed by atoms with van der Waals surface area (Å²) in [6.45, 7) is 2.58. The number of thioether (sulfide) groups is 1. The smallest absolute Gasteiger partial charge is 0.251 e. The van der Waals surface area contributed by atoms with E-state index in [1.165, 1.54) is 6.33 Å². The first-order chi connectivity index (χ1) is 21.6. The van der Waals surface area contributed by atoms with Crippen molar-refractivity contribution in [1.29, 1.82) is 0 Å². The van der Waals surface area contributed by atoms with Gasteiger partial charge in [-0.2, -0.15) is 5.10 Å². The van der Waals surface area contributed by atoms with Crippen molar-refractivity contribution in [2.24, 2.45) is 5.92 Å². The second-order valence-electron chi connectivity index (χ2n) is 10.8. The summed E-state index contributed by atoms with van der Waals surface area (Å²) in [5, 5.41) is 20.1. The van der Waals surface area contributed by atoms with Crippen LogP contribution in [0.5, 0.6) is 0 Å². The summed E-state index contributed by atoms with van der Waals surface area (Å²) in [6.07, 6.45) is 0.656. The van der Waals surface area contributed by atoms with Gasteiger partial charge < -0.3 is 19.9 Å². The summed E-state index contributed by atoms with van der Waals surface area (Å²) in [5.41, 5.74) is 6.62. The van der Waals surface area contributed by atoms with Gasteiger partial charge in [0.05, 0.1) is 18.8 Å². The lowest BCUT2D eigenvalue weighted by atomic mass is 9.91. The van der Waals surface area contributed by atoms with Crippen molar-refractivity contribution in [2.45, 2.75) is 43.7 Å². The first-order valence-electron chi connectivity index (χ1n) is 14.6. The van der Waals surface area contributed by atoms with Gasteiger partial charge >= 0.3 is 0 Å². The maximum Gasteiger partial charge on any atom is 0.251 e. The lowest BCUT2D eigenvalue weighted by Crippen LogP contribution is -2.38.